The van der Waals surface area contributed by atoms with Crippen LogP contribution in [-0.4, -0.2) is 29.9 Å². The lowest BCUT2D eigenvalue weighted by Gasteiger charge is -2.17. The minimum Gasteiger partial charge on any atom is -0.495 e. The number of benzene rings is 2. The van der Waals surface area contributed by atoms with Crippen LogP contribution in [0.3, 0.4) is 0 Å². The second kappa shape index (κ2) is 10.8. The van der Waals surface area contributed by atoms with E-state index in [1.807, 2.05) is 37.3 Å². The van der Waals surface area contributed by atoms with E-state index < -0.39 is 0 Å². The number of aryl methyl sites for hydroxylation is 2. The SMILES string of the molecule is CCc1cccc(CC)c1NC(=O)[C@@H](C)SCC(=O)Nc1ccccc1OC. The van der Waals surface area contributed by atoms with Crippen molar-refractivity contribution in [3.8, 4) is 5.75 Å². The van der Waals surface area contributed by atoms with Crippen molar-refractivity contribution in [2.45, 2.75) is 38.9 Å². The Morgan fingerprint density at radius 3 is 2.25 bits per heavy atom. The molecule has 2 rings (SSSR count). The summed E-state index contributed by atoms with van der Waals surface area (Å²) in [5, 5.41) is 5.54. The van der Waals surface area contributed by atoms with Crippen molar-refractivity contribution < 1.29 is 14.3 Å². The Hall–Kier alpha value is -2.47. The Balaban J connectivity index is 1.93. The maximum Gasteiger partial charge on any atom is 0.237 e. The first-order chi connectivity index (χ1) is 13.5. The van der Waals surface area contributed by atoms with E-state index >= 15 is 0 Å². The number of carbonyl (C=O) groups is 2. The van der Waals surface area contributed by atoms with Crippen LogP contribution < -0.4 is 15.4 Å². The van der Waals surface area contributed by atoms with Crippen LogP contribution in [0.2, 0.25) is 0 Å². The van der Waals surface area contributed by atoms with Crippen molar-refractivity contribution in [3.05, 3.63) is 53.6 Å². The summed E-state index contributed by atoms with van der Waals surface area (Å²) in [5.41, 5.74) is 3.78. The largest absolute Gasteiger partial charge is 0.495 e. The van der Waals surface area contributed by atoms with E-state index in [4.69, 9.17) is 4.74 Å². The minimum absolute atomic E-state index is 0.0920. The predicted octanol–water partition coefficient (Wildman–Crippen LogP) is 4.52. The van der Waals surface area contributed by atoms with E-state index in [0.29, 0.717) is 11.4 Å². The van der Waals surface area contributed by atoms with Crippen LogP contribution in [-0.2, 0) is 22.4 Å². The van der Waals surface area contributed by atoms with E-state index in [9.17, 15) is 9.59 Å². The average Bonchev–Trinajstić information content (AvgIpc) is 2.72. The van der Waals surface area contributed by atoms with Gasteiger partial charge in [0.1, 0.15) is 5.75 Å². The average molecular weight is 401 g/mol. The quantitative estimate of drug-likeness (QED) is 0.649. The molecule has 0 fully saturated rings. The van der Waals surface area contributed by atoms with Gasteiger partial charge in [0.05, 0.1) is 23.8 Å². The summed E-state index contributed by atoms with van der Waals surface area (Å²) in [6.45, 7) is 5.96. The number of anilines is 2. The van der Waals surface area contributed by atoms with Gasteiger partial charge in [-0.05, 0) is 43.0 Å². The highest BCUT2D eigenvalue weighted by Gasteiger charge is 2.18. The van der Waals surface area contributed by atoms with Gasteiger partial charge in [0.25, 0.3) is 0 Å². The number of nitrogens with one attached hydrogen (secondary N) is 2. The number of ether oxygens (including phenoxy) is 1. The van der Waals surface area contributed by atoms with Crippen LogP contribution in [0, 0.1) is 0 Å². The van der Waals surface area contributed by atoms with Crippen molar-refractivity contribution in [3.63, 3.8) is 0 Å². The summed E-state index contributed by atoms with van der Waals surface area (Å²) in [6.07, 6.45) is 1.71. The standard InChI is InChI=1S/C22H28N2O3S/c1-5-16-10-9-11-17(6-2)21(16)24-22(26)15(3)28-14-20(25)23-18-12-7-8-13-19(18)27-4/h7-13,15H,5-6,14H2,1-4H3,(H,23,25)(H,24,26)/t15-/m1/s1. The molecule has 0 bridgehead atoms. The van der Waals surface area contributed by atoms with Crippen LogP contribution >= 0.6 is 11.8 Å². The molecule has 5 nitrogen and oxygen atoms in total. The van der Waals surface area contributed by atoms with Crippen molar-refractivity contribution in [2.75, 3.05) is 23.5 Å². The first kappa shape index (κ1) is 21.8. The fourth-order valence-electron chi connectivity index (χ4n) is 2.84. The molecule has 28 heavy (non-hydrogen) atoms. The lowest BCUT2D eigenvalue weighted by atomic mass is 10.0. The van der Waals surface area contributed by atoms with Crippen molar-refractivity contribution >= 4 is 35.0 Å². The Morgan fingerprint density at radius 2 is 1.64 bits per heavy atom. The normalized spacial score (nSPS) is 11.6. The Labute approximate surface area is 171 Å². The van der Waals surface area contributed by atoms with E-state index in [-0.39, 0.29) is 22.8 Å². The highest BCUT2D eigenvalue weighted by atomic mass is 32.2. The number of rotatable bonds is 9. The van der Waals surface area contributed by atoms with Crippen molar-refractivity contribution in [1.82, 2.24) is 0 Å². The molecule has 1 atom stereocenters. The number of carbonyl (C=O) groups excluding carboxylic acids is 2. The Bertz CT molecular complexity index is 801. The molecular weight excluding hydrogens is 372 g/mol. The van der Waals surface area contributed by atoms with Gasteiger partial charge in [-0.15, -0.1) is 11.8 Å². The summed E-state index contributed by atoms with van der Waals surface area (Å²) in [6, 6.07) is 13.3. The van der Waals surface area contributed by atoms with Gasteiger partial charge in [-0.1, -0.05) is 44.2 Å². The van der Waals surface area contributed by atoms with Crippen LogP contribution in [0.25, 0.3) is 0 Å². The first-order valence-corrected chi connectivity index (χ1v) is 10.5. The van der Waals surface area contributed by atoms with E-state index in [1.54, 1.807) is 19.2 Å². The zero-order valence-electron chi connectivity index (χ0n) is 16.9. The molecule has 2 aromatic carbocycles. The van der Waals surface area contributed by atoms with Crippen LogP contribution in [0.4, 0.5) is 11.4 Å². The van der Waals surface area contributed by atoms with E-state index in [2.05, 4.69) is 24.5 Å². The van der Waals surface area contributed by atoms with Gasteiger partial charge >= 0.3 is 0 Å². The molecule has 0 aromatic heterocycles. The van der Waals surface area contributed by atoms with E-state index in [0.717, 1.165) is 29.7 Å². The summed E-state index contributed by atoms with van der Waals surface area (Å²) < 4.78 is 5.23. The number of hydrogen-bond acceptors (Lipinski definition) is 4. The lowest BCUT2D eigenvalue weighted by Crippen LogP contribution is -2.26. The van der Waals surface area contributed by atoms with Gasteiger partial charge in [-0.2, -0.15) is 0 Å². The molecule has 0 saturated carbocycles. The highest BCUT2D eigenvalue weighted by Crippen LogP contribution is 2.25. The molecule has 150 valence electrons. The fraction of sp³-hybridized carbons (Fsp3) is 0.364. The van der Waals surface area contributed by atoms with Crippen LogP contribution in [0.1, 0.15) is 31.9 Å². The number of amides is 2. The number of para-hydroxylation sites is 3. The molecule has 0 aliphatic carbocycles. The van der Waals surface area contributed by atoms with E-state index in [1.165, 1.54) is 11.8 Å². The van der Waals surface area contributed by atoms with Crippen molar-refractivity contribution in [1.29, 1.82) is 0 Å². The number of thioether (sulfide) groups is 1. The predicted molar refractivity (Wildman–Crippen MR) is 117 cm³/mol. The molecule has 2 aromatic rings. The third-order valence-corrected chi connectivity index (χ3v) is 5.60. The molecule has 0 aliphatic rings. The van der Waals surface area contributed by atoms with Gasteiger partial charge in [0.15, 0.2) is 0 Å². The molecule has 2 amide bonds. The maximum absolute atomic E-state index is 12.6. The molecule has 0 spiro atoms. The summed E-state index contributed by atoms with van der Waals surface area (Å²) in [5.74, 6) is 0.529. The topological polar surface area (TPSA) is 67.4 Å². The highest BCUT2D eigenvalue weighted by molar-refractivity contribution is 8.01. The molecular formula is C22H28N2O3S. The Morgan fingerprint density at radius 1 is 1.00 bits per heavy atom. The molecule has 0 heterocycles. The first-order valence-electron chi connectivity index (χ1n) is 9.46. The smallest absolute Gasteiger partial charge is 0.237 e. The zero-order valence-corrected chi connectivity index (χ0v) is 17.7. The van der Waals surface area contributed by atoms with Gasteiger partial charge in [0, 0.05) is 5.69 Å². The summed E-state index contributed by atoms with van der Waals surface area (Å²) in [7, 11) is 1.56. The maximum atomic E-state index is 12.6. The minimum atomic E-state index is -0.349. The van der Waals surface area contributed by atoms with Gasteiger partial charge in [-0.25, -0.2) is 0 Å². The third kappa shape index (κ3) is 5.76. The van der Waals surface area contributed by atoms with Gasteiger partial charge in [-0.3, -0.25) is 9.59 Å². The number of hydrogen-bond donors (Lipinski definition) is 2. The second-order valence-electron chi connectivity index (χ2n) is 6.35. The van der Waals surface area contributed by atoms with Crippen LogP contribution in [0.5, 0.6) is 5.75 Å². The molecule has 2 N–H and O–H groups in total. The molecule has 0 radical (unpaired) electrons. The zero-order chi connectivity index (χ0) is 20.5. The second-order valence-corrected chi connectivity index (χ2v) is 7.68. The number of methoxy groups -OCH3 is 1. The Kier molecular flexibility index (Phi) is 8.39. The summed E-state index contributed by atoms with van der Waals surface area (Å²) in [4.78, 5) is 24.9. The molecule has 0 unspecified atom stereocenters. The fourth-order valence-corrected chi connectivity index (χ4v) is 3.52. The molecule has 0 saturated heterocycles. The molecule has 6 heteroatoms. The van der Waals surface area contributed by atoms with Crippen molar-refractivity contribution in [2.24, 2.45) is 0 Å². The van der Waals surface area contributed by atoms with Gasteiger partial charge in [0.2, 0.25) is 11.8 Å². The molecule has 0 aliphatic heterocycles. The third-order valence-electron chi connectivity index (χ3n) is 4.46. The van der Waals surface area contributed by atoms with Gasteiger partial charge < -0.3 is 15.4 Å². The monoisotopic (exact) mass is 400 g/mol. The summed E-state index contributed by atoms with van der Waals surface area (Å²) >= 11 is 1.31. The lowest BCUT2D eigenvalue weighted by molar-refractivity contribution is -0.115. The van der Waals surface area contributed by atoms with Crippen LogP contribution in [0.15, 0.2) is 42.5 Å².